The van der Waals surface area contributed by atoms with Gasteiger partial charge >= 0.3 is 5.97 Å². The molecule has 0 spiro atoms. The van der Waals surface area contributed by atoms with Crippen LogP contribution < -0.4 is 0 Å². The lowest BCUT2D eigenvalue weighted by Crippen LogP contribution is -2.29. The van der Waals surface area contributed by atoms with E-state index in [0.717, 1.165) is 16.6 Å². The SMILES string of the molecule is CC(O)CCN(C)S(=O)(=O)c1c[nH]c(C(=O)O)c1. The highest BCUT2D eigenvalue weighted by Gasteiger charge is 2.23. The number of aliphatic hydroxyl groups excluding tert-OH is 1. The second-order valence-corrected chi connectivity index (χ2v) is 6.06. The van der Waals surface area contributed by atoms with Gasteiger partial charge in [0.15, 0.2) is 0 Å². The third kappa shape index (κ3) is 3.31. The molecular formula is C10H16N2O5S. The van der Waals surface area contributed by atoms with Crippen molar-refractivity contribution in [2.24, 2.45) is 0 Å². The number of H-pyrrole nitrogens is 1. The van der Waals surface area contributed by atoms with Crippen LogP contribution in [-0.2, 0) is 10.0 Å². The molecular weight excluding hydrogens is 260 g/mol. The van der Waals surface area contributed by atoms with Crippen LogP contribution in [0.1, 0.15) is 23.8 Å². The number of aromatic amines is 1. The van der Waals surface area contributed by atoms with Crippen LogP contribution in [0.3, 0.4) is 0 Å². The number of hydrogen-bond acceptors (Lipinski definition) is 4. The summed E-state index contributed by atoms with van der Waals surface area (Å²) in [6, 6.07) is 1.07. The zero-order chi connectivity index (χ0) is 13.9. The molecule has 0 aliphatic rings. The molecule has 102 valence electrons. The van der Waals surface area contributed by atoms with Gasteiger partial charge in [-0.1, -0.05) is 0 Å². The number of rotatable bonds is 6. The zero-order valence-electron chi connectivity index (χ0n) is 10.1. The van der Waals surface area contributed by atoms with E-state index in [1.54, 1.807) is 6.92 Å². The molecule has 7 nitrogen and oxygen atoms in total. The molecule has 0 saturated carbocycles. The van der Waals surface area contributed by atoms with E-state index < -0.39 is 22.1 Å². The van der Waals surface area contributed by atoms with Gasteiger partial charge in [0, 0.05) is 19.8 Å². The van der Waals surface area contributed by atoms with Crippen LogP contribution in [0.25, 0.3) is 0 Å². The average Bonchev–Trinajstić information content (AvgIpc) is 2.75. The quantitative estimate of drug-likeness (QED) is 0.682. The van der Waals surface area contributed by atoms with Gasteiger partial charge in [-0.15, -0.1) is 0 Å². The van der Waals surface area contributed by atoms with E-state index in [2.05, 4.69) is 4.98 Å². The molecule has 1 rings (SSSR count). The van der Waals surface area contributed by atoms with Crippen molar-refractivity contribution >= 4 is 16.0 Å². The zero-order valence-corrected chi connectivity index (χ0v) is 10.9. The van der Waals surface area contributed by atoms with Crippen molar-refractivity contribution in [3.8, 4) is 0 Å². The number of hydrogen-bond donors (Lipinski definition) is 3. The normalized spacial score (nSPS) is 13.8. The highest BCUT2D eigenvalue weighted by molar-refractivity contribution is 7.89. The molecule has 1 heterocycles. The Balaban J connectivity index is 2.87. The van der Waals surface area contributed by atoms with Crippen molar-refractivity contribution < 1.29 is 23.4 Å². The Bertz CT molecular complexity index is 520. The first kappa shape index (κ1) is 14.7. The number of carbonyl (C=O) groups is 1. The molecule has 0 fully saturated rings. The minimum absolute atomic E-state index is 0.104. The molecule has 0 bridgehead atoms. The van der Waals surface area contributed by atoms with Gasteiger partial charge < -0.3 is 15.2 Å². The smallest absolute Gasteiger partial charge is 0.352 e. The maximum Gasteiger partial charge on any atom is 0.352 e. The van der Waals surface area contributed by atoms with E-state index in [-0.39, 0.29) is 17.1 Å². The first-order valence-corrected chi connectivity index (χ1v) is 6.75. The van der Waals surface area contributed by atoms with Crippen LogP contribution in [0.4, 0.5) is 0 Å². The van der Waals surface area contributed by atoms with E-state index >= 15 is 0 Å². The van der Waals surface area contributed by atoms with Crippen LogP contribution in [-0.4, -0.2) is 53.6 Å². The number of aromatic carboxylic acids is 1. The van der Waals surface area contributed by atoms with Gasteiger partial charge in [0.05, 0.1) is 6.10 Å². The Morgan fingerprint density at radius 2 is 2.17 bits per heavy atom. The summed E-state index contributed by atoms with van der Waals surface area (Å²) in [4.78, 5) is 12.9. The Morgan fingerprint density at radius 1 is 1.56 bits per heavy atom. The lowest BCUT2D eigenvalue weighted by atomic mass is 10.3. The van der Waals surface area contributed by atoms with Gasteiger partial charge in [0.1, 0.15) is 10.6 Å². The molecule has 1 aromatic rings. The van der Waals surface area contributed by atoms with Crippen LogP contribution >= 0.6 is 0 Å². The fourth-order valence-electron chi connectivity index (χ4n) is 1.32. The van der Waals surface area contributed by atoms with Gasteiger partial charge in [-0.05, 0) is 19.4 Å². The molecule has 0 aliphatic heterocycles. The summed E-state index contributed by atoms with van der Waals surface area (Å²) in [5.41, 5.74) is -0.183. The fraction of sp³-hybridized carbons (Fsp3) is 0.500. The van der Waals surface area contributed by atoms with Crippen molar-refractivity contribution in [1.82, 2.24) is 9.29 Å². The lowest BCUT2D eigenvalue weighted by Gasteiger charge is -2.16. The molecule has 0 radical (unpaired) electrons. The van der Waals surface area contributed by atoms with Gasteiger partial charge in [-0.2, -0.15) is 0 Å². The van der Waals surface area contributed by atoms with Crippen molar-refractivity contribution in [3.63, 3.8) is 0 Å². The number of carboxylic acid groups (broad SMARTS) is 1. The van der Waals surface area contributed by atoms with Crippen LogP contribution in [0.2, 0.25) is 0 Å². The predicted octanol–water partition coefficient (Wildman–Crippen LogP) is 0.104. The number of aliphatic hydroxyl groups is 1. The van der Waals surface area contributed by atoms with Crippen molar-refractivity contribution in [2.75, 3.05) is 13.6 Å². The van der Waals surface area contributed by atoms with E-state index in [0.29, 0.717) is 6.42 Å². The summed E-state index contributed by atoms with van der Waals surface area (Å²) in [6.07, 6.45) is 0.854. The number of carboxylic acids is 1. The summed E-state index contributed by atoms with van der Waals surface area (Å²) in [5, 5.41) is 17.8. The summed E-state index contributed by atoms with van der Waals surface area (Å²) in [5.74, 6) is -1.22. The van der Waals surface area contributed by atoms with Crippen LogP contribution in [0, 0.1) is 0 Å². The Morgan fingerprint density at radius 3 is 2.61 bits per heavy atom. The first-order chi connectivity index (χ1) is 8.25. The summed E-state index contributed by atoms with van der Waals surface area (Å²) < 4.78 is 25.1. The highest BCUT2D eigenvalue weighted by atomic mass is 32.2. The molecule has 18 heavy (non-hydrogen) atoms. The number of aromatic nitrogens is 1. The maximum atomic E-state index is 12.0. The minimum atomic E-state index is -3.72. The molecule has 1 aromatic heterocycles. The summed E-state index contributed by atoms with van der Waals surface area (Å²) in [6.45, 7) is 1.73. The molecule has 0 aromatic carbocycles. The third-order valence-corrected chi connectivity index (χ3v) is 4.29. The second-order valence-electron chi connectivity index (χ2n) is 4.02. The third-order valence-electron chi connectivity index (χ3n) is 2.46. The monoisotopic (exact) mass is 276 g/mol. The van der Waals surface area contributed by atoms with Crippen molar-refractivity contribution in [1.29, 1.82) is 0 Å². The van der Waals surface area contributed by atoms with Crippen molar-refractivity contribution in [2.45, 2.75) is 24.3 Å². The number of nitrogens with one attached hydrogen (secondary N) is 1. The predicted molar refractivity (Wildman–Crippen MR) is 63.9 cm³/mol. The standard InChI is InChI=1S/C10H16N2O5S/c1-7(13)3-4-12(2)18(16,17)8-5-9(10(14)15)11-6-8/h5-7,11,13H,3-4H2,1-2H3,(H,14,15). The van der Waals surface area contributed by atoms with Gasteiger partial charge in [-0.3, -0.25) is 0 Å². The van der Waals surface area contributed by atoms with E-state index in [4.69, 9.17) is 10.2 Å². The van der Waals surface area contributed by atoms with Gasteiger partial charge in [0.2, 0.25) is 10.0 Å². The molecule has 0 saturated heterocycles. The van der Waals surface area contributed by atoms with Crippen LogP contribution in [0.15, 0.2) is 17.2 Å². The first-order valence-electron chi connectivity index (χ1n) is 5.31. The van der Waals surface area contributed by atoms with E-state index in [1.807, 2.05) is 0 Å². The lowest BCUT2D eigenvalue weighted by molar-refractivity contribution is 0.0691. The van der Waals surface area contributed by atoms with E-state index in [9.17, 15) is 13.2 Å². The fourth-order valence-corrected chi connectivity index (χ4v) is 2.50. The largest absolute Gasteiger partial charge is 0.477 e. The Kier molecular flexibility index (Phi) is 4.49. The molecule has 1 unspecified atom stereocenters. The van der Waals surface area contributed by atoms with Gasteiger partial charge in [0.25, 0.3) is 0 Å². The number of nitrogens with zero attached hydrogens (tertiary/aromatic N) is 1. The van der Waals surface area contributed by atoms with E-state index in [1.165, 1.54) is 7.05 Å². The topological polar surface area (TPSA) is 111 Å². The van der Waals surface area contributed by atoms with Crippen LogP contribution in [0.5, 0.6) is 0 Å². The second kappa shape index (κ2) is 5.51. The molecule has 3 N–H and O–H groups in total. The minimum Gasteiger partial charge on any atom is -0.477 e. The molecule has 0 aliphatic carbocycles. The summed E-state index contributed by atoms with van der Waals surface area (Å²) >= 11 is 0. The Hall–Kier alpha value is -1.38. The van der Waals surface area contributed by atoms with Crippen molar-refractivity contribution in [3.05, 3.63) is 18.0 Å². The molecule has 0 amide bonds. The summed E-state index contributed by atoms with van der Waals surface area (Å²) in [7, 11) is -2.34. The van der Waals surface area contributed by atoms with Gasteiger partial charge in [-0.25, -0.2) is 17.5 Å². The maximum absolute atomic E-state index is 12.0. The Labute approximate surface area is 105 Å². The highest BCUT2D eigenvalue weighted by Crippen LogP contribution is 2.16. The molecule has 8 heteroatoms. The number of sulfonamides is 1. The molecule has 1 atom stereocenters. The average molecular weight is 276 g/mol.